The van der Waals surface area contributed by atoms with Crippen molar-refractivity contribution in [2.75, 3.05) is 13.2 Å². The maximum Gasteiger partial charge on any atom is 0.159 e. The number of carbonyl (C=O) groups is 1. The van der Waals surface area contributed by atoms with Crippen LogP contribution in [0.4, 0.5) is 0 Å². The van der Waals surface area contributed by atoms with E-state index in [9.17, 15) is 9.90 Å². The fraction of sp³-hybridized carbons (Fsp3) is 0.774. The summed E-state index contributed by atoms with van der Waals surface area (Å²) in [7, 11) is 0. The molecule has 0 bridgehead atoms. The van der Waals surface area contributed by atoms with E-state index in [-0.39, 0.29) is 29.1 Å². The molecule has 3 saturated carbocycles. The third-order valence-corrected chi connectivity index (χ3v) is 11.1. The number of aromatic nitrogens is 3. The standard InChI is InChI=1S/C31H46ClN3O3/c1-5-38-20-31-14-6-13-30(4)24(21(2)7-8-22(31)18-29(3,37)15-16-31)10-11-25(30)28(36)19-35-33-26-12-9-23(32)17-27(26)34-35/h9,12,17,21-22,24-25,37H,5-8,10-11,13-16,18-20H2,1-4H3/t21-,22-,24-,25+,29+,30-,31-/m0/s1. The number of ether oxygens (including phenoxy) is 1. The van der Waals surface area contributed by atoms with E-state index in [1.807, 2.05) is 19.1 Å². The third-order valence-electron chi connectivity index (χ3n) is 10.8. The fourth-order valence-electron chi connectivity index (χ4n) is 8.70. The molecule has 7 atom stereocenters. The van der Waals surface area contributed by atoms with Crippen LogP contribution in [0, 0.1) is 34.5 Å². The molecule has 3 aliphatic carbocycles. The van der Waals surface area contributed by atoms with Crippen molar-refractivity contribution < 1.29 is 14.6 Å². The van der Waals surface area contributed by atoms with E-state index in [4.69, 9.17) is 16.3 Å². The van der Waals surface area contributed by atoms with E-state index < -0.39 is 5.60 Å². The van der Waals surface area contributed by atoms with Crippen LogP contribution in [0.1, 0.15) is 91.9 Å². The maximum atomic E-state index is 13.8. The van der Waals surface area contributed by atoms with Gasteiger partial charge < -0.3 is 9.84 Å². The number of hydrogen-bond acceptors (Lipinski definition) is 5. The summed E-state index contributed by atoms with van der Waals surface area (Å²) in [5.74, 6) is 1.90. The highest BCUT2D eigenvalue weighted by molar-refractivity contribution is 6.31. The first-order valence-corrected chi connectivity index (χ1v) is 15.3. The van der Waals surface area contributed by atoms with Gasteiger partial charge in [-0.3, -0.25) is 4.79 Å². The zero-order valence-corrected chi connectivity index (χ0v) is 24.5. The first-order chi connectivity index (χ1) is 18.1. The smallest absolute Gasteiger partial charge is 0.159 e. The van der Waals surface area contributed by atoms with Gasteiger partial charge in [-0.05, 0) is 112 Å². The average molecular weight is 544 g/mol. The van der Waals surface area contributed by atoms with Crippen LogP contribution in [0.5, 0.6) is 0 Å². The van der Waals surface area contributed by atoms with E-state index in [0.29, 0.717) is 22.8 Å². The quantitative estimate of drug-likeness (QED) is 0.430. The van der Waals surface area contributed by atoms with E-state index >= 15 is 0 Å². The summed E-state index contributed by atoms with van der Waals surface area (Å²) in [6.07, 6.45) is 10.4. The number of benzene rings is 1. The van der Waals surface area contributed by atoms with Gasteiger partial charge in [0.05, 0.1) is 12.2 Å². The second-order valence-electron chi connectivity index (χ2n) is 13.4. The molecule has 1 N–H and O–H groups in total. The molecule has 7 heteroatoms. The topological polar surface area (TPSA) is 77.2 Å². The van der Waals surface area contributed by atoms with Gasteiger partial charge in [0.1, 0.15) is 17.6 Å². The van der Waals surface area contributed by atoms with Gasteiger partial charge in [-0.25, -0.2) is 0 Å². The number of nitrogens with zero attached hydrogens (tertiary/aromatic N) is 3. The highest BCUT2D eigenvalue weighted by Gasteiger charge is 2.53. The molecular formula is C31H46ClN3O3. The fourth-order valence-corrected chi connectivity index (χ4v) is 8.87. The van der Waals surface area contributed by atoms with Crippen molar-refractivity contribution in [2.24, 2.45) is 34.5 Å². The lowest BCUT2D eigenvalue weighted by Gasteiger charge is -2.51. The number of ketones is 1. The molecule has 0 unspecified atom stereocenters. The van der Waals surface area contributed by atoms with Crippen LogP contribution in [0.15, 0.2) is 18.2 Å². The van der Waals surface area contributed by atoms with Gasteiger partial charge in [0.15, 0.2) is 5.78 Å². The highest BCUT2D eigenvalue weighted by Crippen LogP contribution is 2.58. The lowest BCUT2D eigenvalue weighted by molar-refractivity contribution is -0.129. The number of Topliss-reactive ketones (excluding diaryl/α,β-unsaturated/α-hetero) is 1. The molecule has 0 spiro atoms. The highest BCUT2D eigenvalue weighted by atomic mass is 35.5. The first kappa shape index (κ1) is 28.0. The number of halogens is 1. The monoisotopic (exact) mass is 543 g/mol. The summed E-state index contributed by atoms with van der Waals surface area (Å²) in [4.78, 5) is 15.4. The van der Waals surface area contributed by atoms with E-state index in [1.165, 1.54) is 0 Å². The van der Waals surface area contributed by atoms with Crippen LogP contribution < -0.4 is 0 Å². The van der Waals surface area contributed by atoms with Gasteiger partial charge in [0, 0.05) is 17.5 Å². The third kappa shape index (κ3) is 5.42. The zero-order valence-electron chi connectivity index (χ0n) is 23.7. The van der Waals surface area contributed by atoms with E-state index in [2.05, 4.69) is 31.0 Å². The summed E-state index contributed by atoms with van der Waals surface area (Å²) < 4.78 is 6.11. The van der Waals surface area contributed by atoms with Crippen molar-refractivity contribution in [3.63, 3.8) is 0 Å². The van der Waals surface area contributed by atoms with Crippen LogP contribution in [0.25, 0.3) is 11.0 Å². The van der Waals surface area contributed by atoms with Crippen molar-refractivity contribution >= 4 is 28.4 Å². The molecule has 3 aliphatic rings. The summed E-state index contributed by atoms with van der Waals surface area (Å²) in [5, 5.41) is 20.7. The lowest BCUT2D eigenvalue weighted by Crippen LogP contribution is -2.47. The molecule has 2 aromatic rings. The molecule has 0 aliphatic heterocycles. The van der Waals surface area contributed by atoms with Crippen molar-refractivity contribution in [3.05, 3.63) is 23.2 Å². The number of carbonyl (C=O) groups excluding carboxylic acids is 1. The number of hydrogen-bond donors (Lipinski definition) is 1. The van der Waals surface area contributed by atoms with Crippen molar-refractivity contribution in [3.8, 4) is 0 Å². The second kappa shape index (κ2) is 10.8. The Bertz CT molecular complexity index is 1150. The van der Waals surface area contributed by atoms with E-state index in [1.54, 1.807) is 10.9 Å². The Morgan fingerprint density at radius 1 is 1.11 bits per heavy atom. The normalized spacial score (nSPS) is 38.1. The first-order valence-electron chi connectivity index (χ1n) is 14.9. The zero-order chi connectivity index (χ0) is 27.1. The van der Waals surface area contributed by atoms with E-state index in [0.717, 1.165) is 88.5 Å². The molecule has 0 amide bonds. The van der Waals surface area contributed by atoms with Crippen LogP contribution in [0.2, 0.25) is 5.02 Å². The molecule has 0 radical (unpaired) electrons. The minimum absolute atomic E-state index is 0.00775. The Kier molecular flexibility index (Phi) is 7.98. The predicted molar refractivity (Wildman–Crippen MR) is 151 cm³/mol. The largest absolute Gasteiger partial charge is 0.390 e. The molecule has 0 saturated heterocycles. The van der Waals surface area contributed by atoms with Crippen molar-refractivity contribution in [1.82, 2.24) is 15.0 Å². The van der Waals surface area contributed by atoms with Crippen LogP contribution in [0.3, 0.4) is 0 Å². The molecule has 6 nitrogen and oxygen atoms in total. The molecule has 1 aromatic heterocycles. The van der Waals surface area contributed by atoms with Gasteiger partial charge in [-0.15, -0.1) is 0 Å². The van der Waals surface area contributed by atoms with Crippen LogP contribution >= 0.6 is 11.6 Å². The average Bonchev–Trinajstić information content (AvgIpc) is 3.42. The maximum absolute atomic E-state index is 13.8. The molecule has 5 rings (SSSR count). The lowest BCUT2D eigenvalue weighted by atomic mass is 9.56. The molecule has 3 fully saturated rings. The van der Waals surface area contributed by atoms with Crippen molar-refractivity contribution in [2.45, 2.75) is 104 Å². The molecule has 1 aromatic carbocycles. The summed E-state index contributed by atoms with van der Waals surface area (Å²) in [5.41, 5.74) is 1.06. The Hall–Kier alpha value is -1.50. The minimum atomic E-state index is -0.566. The van der Waals surface area contributed by atoms with Gasteiger partial charge >= 0.3 is 0 Å². The van der Waals surface area contributed by atoms with Gasteiger partial charge in [-0.1, -0.05) is 38.3 Å². The Balaban J connectivity index is 1.36. The Morgan fingerprint density at radius 2 is 1.89 bits per heavy atom. The second-order valence-corrected chi connectivity index (χ2v) is 13.8. The SMILES string of the molecule is CCOC[C@@]12CCC[C@]3(C)[C@@H](C(=O)Cn4nc5ccc(Cl)cc5n4)CC[C@H]3[C@@H](C)CC[C@H]1C[C@](C)(O)CC2. The van der Waals surface area contributed by atoms with Crippen LogP contribution in [-0.2, 0) is 16.1 Å². The molecule has 38 heavy (non-hydrogen) atoms. The molecule has 210 valence electrons. The van der Waals surface area contributed by atoms with Crippen LogP contribution in [-0.4, -0.2) is 44.7 Å². The van der Waals surface area contributed by atoms with Gasteiger partial charge in [0.2, 0.25) is 0 Å². The molecule has 1 heterocycles. The minimum Gasteiger partial charge on any atom is -0.390 e. The summed E-state index contributed by atoms with van der Waals surface area (Å²) >= 11 is 6.13. The predicted octanol–water partition coefficient (Wildman–Crippen LogP) is 6.86. The summed E-state index contributed by atoms with van der Waals surface area (Å²) in [6.45, 7) is 10.7. The molecular weight excluding hydrogens is 498 g/mol. The van der Waals surface area contributed by atoms with Gasteiger partial charge in [0.25, 0.3) is 0 Å². The number of aliphatic hydroxyl groups is 1. The summed E-state index contributed by atoms with van der Waals surface area (Å²) in [6, 6.07) is 5.47. The Labute approximate surface area is 232 Å². The van der Waals surface area contributed by atoms with Crippen molar-refractivity contribution in [1.29, 1.82) is 0 Å². The van der Waals surface area contributed by atoms with Gasteiger partial charge in [-0.2, -0.15) is 15.0 Å². The number of fused-ring (bicyclic) bond motifs is 3. The Morgan fingerprint density at radius 3 is 2.68 bits per heavy atom. The number of rotatable bonds is 6.